The van der Waals surface area contributed by atoms with Gasteiger partial charge >= 0.3 is 0 Å². The fourth-order valence-electron chi connectivity index (χ4n) is 1.60. The molecule has 0 aliphatic carbocycles. The van der Waals surface area contributed by atoms with Crippen LogP contribution in [0.25, 0.3) is 0 Å². The van der Waals surface area contributed by atoms with Crippen molar-refractivity contribution >= 4 is 28.9 Å². The van der Waals surface area contributed by atoms with Crippen molar-refractivity contribution in [1.82, 2.24) is 0 Å². The largest absolute Gasteiger partial charge is 0.507 e. The van der Waals surface area contributed by atoms with Crippen LogP contribution in [0.3, 0.4) is 0 Å². The molecule has 0 spiro atoms. The van der Waals surface area contributed by atoms with Gasteiger partial charge in [0.15, 0.2) is 0 Å². The maximum absolute atomic E-state index is 13.1. The molecule has 0 saturated heterocycles. The average molecular weight is 311 g/mol. The summed E-state index contributed by atoms with van der Waals surface area (Å²) < 4.78 is 13.1. The Morgan fingerprint density at radius 1 is 1.29 bits per heavy atom. The van der Waals surface area contributed by atoms with Crippen LogP contribution >= 0.6 is 11.6 Å². The van der Waals surface area contributed by atoms with Crippen LogP contribution in [-0.2, 0) is 0 Å². The molecule has 108 valence electrons. The Balaban J connectivity index is 2.27. The van der Waals surface area contributed by atoms with Crippen LogP contribution in [0, 0.1) is 15.9 Å². The second kappa shape index (κ2) is 5.76. The van der Waals surface area contributed by atoms with Gasteiger partial charge in [-0.1, -0.05) is 11.6 Å². The van der Waals surface area contributed by atoms with Gasteiger partial charge in [-0.3, -0.25) is 14.9 Å². The van der Waals surface area contributed by atoms with Crippen molar-refractivity contribution in [2.45, 2.75) is 0 Å². The lowest BCUT2D eigenvalue weighted by Gasteiger charge is -2.08. The maximum atomic E-state index is 13.1. The van der Waals surface area contributed by atoms with E-state index < -0.39 is 22.4 Å². The SMILES string of the molecule is O=C(Nc1ccc([N+](=O)[O-])cc1Cl)c1cc(F)ccc1O. The van der Waals surface area contributed by atoms with Crippen molar-refractivity contribution in [2.75, 3.05) is 5.32 Å². The monoisotopic (exact) mass is 310 g/mol. The first-order valence-corrected chi connectivity index (χ1v) is 6.00. The molecule has 2 aromatic carbocycles. The Labute approximate surface area is 122 Å². The third kappa shape index (κ3) is 3.26. The molecule has 2 aromatic rings. The van der Waals surface area contributed by atoms with E-state index in [1.807, 2.05) is 0 Å². The maximum Gasteiger partial charge on any atom is 0.271 e. The number of nitro benzene ring substituents is 1. The van der Waals surface area contributed by atoms with Gasteiger partial charge in [0.05, 0.1) is 21.2 Å². The van der Waals surface area contributed by atoms with E-state index in [9.17, 15) is 24.4 Å². The molecule has 0 heterocycles. The lowest BCUT2D eigenvalue weighted by molar-refractivity contribution is -0.384. The first kappa shape index (κ1) is 14.7. The van der Waals surface area contributed by atoms with E-state index in [0.717, 1.165) is 30.3 Å². The molecule has 21 heavy (non-hydrogen) atoms. The van der Waals surface area contributed by atoms with Gasteiger partial charge in [-0.15, -0.1) is 0 Å². The molecule has 0 fully saturated rings. The third-order valence-corrected chi connectivity index (χ3v) is 2.93. The molecule has 0 radical (unpaired) electrons. The van der Waals surface area contributed by atoms with Crippen LogP contribution in [0.4, 0.5) is 15.8 Å². The van der Waals surface area contributed by atoms with Crippen LogP contribution in [-0.4, -0.2) is 15.9 Å². The highest BCUT2D eigenvalue weighted by atomic mass is 35.5. The van der Waals surface area contributed by atoms with Crippen molar-refractivity contribution < 1.29 is 19.2 Å². The van der Waals surface area contributed by atoms with Gasteiger partial charge < -0.3 is 10.4 Å². The van der Waals surface area contributed by atoms with Gasteiger partial charge in [0.1, 0.15) is 11.6 Å². The number of rotatable bonds is 3. The second-order valence-corrected chi connectivity index (χ2v) is 4.44. The van der Waals surface area contributed by atoms with Gasteiger partial charge in [-0.05, 0) is 24.3 Å². The quantitative estimate of drug-likeness (QED) is 0.671. The number of nitrogens with one attached hydrogen (secondary N) is 1. The third-order valence-electron chi connectivity index (χ3n) is 2.61. The number of non-ortho nitro benzene ring substituents is 1. The highest BCUT2D eigenvalue weighted by Gasteiger charge is 2.15. The first-order chi connectivity index (χ1) is 9.88. The van der Waals surface area contributed by atoms with Gasteiger partial charge in [0.25, 0.3) is 11.6 Å². The lowest BCUT2D eigenvalue weighted by Crippen LogP contribution is -2.12. The molecule has 0 aliphatic rings. The molecule has 0 aliphatic heterocycles. The Bertz CT molecular complexity index is 736. The zero-order valence-electron chi connectivity index (χ0n) is 10.3. The predicted molar refractivity (Wildman–Crippen MR) is 74.1 cm³/mol. The Morgan fingerprint density at radius 3 is 2.62 bits per heavy atom. The zero-order chi connectivity index (χ0) is 15.6. The van der Waals surface area contributed by atoms with Gasteiger partial charge in [-0.25, -0.2) is 4.39 Å². The van der Waals surface area contributed by atoms with E-state index in [1.165, 1.54) is 6.07 Å². The molecule has 0 bridgehead atoms. The lowest BCUT2D eigenvalue weighted by atomic mass is 10.1. The van der Waals surface area contributed by atoms with E-state index >= 15 is 0 Å². The second-order valence-electron chi connectivity index (χ2n) is 4.04. The number of hydrogen-bond acceptors (Lipinski definition) is 4. The molecular weight excluding hydrogens is 303 g/mol. The van der Waals surface area contributed by atoms with Crippen molar-refractivity contribution in [3.8, 4) is 5.75 Å². The number of carbonyl (C=O) groups excluding carboxylic acids is 1. The molecular formula is C13H8ClFN2O4. The van der Waals surface area contributed by atoms with Crippen molar-refractivity contribution in [2.24, 2.45) is 0 Å². The topological polar surface area (TPSA) is 92.5 Å². The number of amides is 1. The van der Waals surface area contributed by atoms with Gasteiger partial charge in [-0.2, -0.15) is 0 Å². The highest BCUT2D eigenvalue weighted by Crippen LogP contribution is 2.28. The Kier molecular flexibility index (Phi) is 4.04. The summed E-state index contributed by atoms with van der Waals surface area (Å²) in [6.07, 6.45) is 0. The fourth-order valence-corrected chi connectivity index (χ4v) is 1.82. The van der Waals surface area contributed by atoms with E-state index in [0.29, 0.717) is 0 Å². The number of benzene rings is 2. The summed E-state index contributed by atoms with van der Waals surface area (Å²) in [5.74, 6) is -1.87. The van der Waals surface area contributed by atoms with Crippen LogP contribution in [0.5, 0.6) is 5.75 Å². The van der Waals surface area contributed by atoms with E-state index in [2.05, 4.69) is 5.32 Å². The van der Waals surface area contributed by atoms with Crippen LogP contribution in [0.2, 0.25) is 5.02 Å². The minimum absolute atomic E-state index is 0.0477. The average Bonchev–Trinajstić information content (AvgIpc) is 2.43. The molecule has 8 heteroatoms. The van der Waals surface area contributed by atoms with E-state index in [1.54, 1.807) is 0 Å². The number of nitro groups is 1. The molecule has 6 nitrogen and oxygen atoms in total. The number of phenolic OH excluding ortho intramolecular Hbond substituents is 1. The number of halogens is 2. The number of aromatic hydroxyl groups is 1. The summed E-state index contributed by atoms with van der Waals surface area (Å²) in [5, 5.41) is 22.4. The standard InChI is InChI=1S/C13H8ClFN2O4/c14-10-6-8(17(20)21)2-3-11(10)16-13(19)9-5-7(15)1-4-12(9)18/h1-6,18H,(H,16,19). The summed E-state index contributed by atoms with van der Waals surface area (Å²) in [4.78, 5) is 21.9. The minimum atomic E-state index is -0.789. The van der Waals surface area contributed by atoms with E-state index in [4.69, 9.17) is 11.6 Å². The Hall–Kier alpha value is -2.67. The smallest absolute Gasteiger partial charge is 0.271 e. The highest BCUT2D eigenvalue weighted by molar-refractivity contribution is 6.34. The van der Waals surface area contributed by atoms with Crippen LogP contribution < -0.4 is 5.32 Å². The van der Waals surface area contributed by atoms with Crippen LogP contribution in [0.1, 0.15) is 10.4 Å². The molecule has 2 rings (SSSR count). The summed E-state index contributed by atoms with van der Waals surface area (Å²) in [5.41, 5.74) is -0.396. The molecule has 1 amide bonds. The van der Waals surface area contributed by atoms with Crippen LogP contribution in [0.15, 0.2) is 36.4 Å². The normalized spacial score (nSPS) is 10.2. The van der Waals surface area contributed by atoms with Gasteiger partial charge in [0.2, 0.25) is 0 Å². The number of hydrogen-bond donors (Lipinski definition) is 2. The summed E-state index contributed by atoms with van der Waals surface area (Å²) in [7, 11) is 0. The molecule has 0 saturated carbocycles. The van der Waals surface area contributed by atoms with Crippen molar-refractivity contribution in [3.05, 3.63) is 62.9 Å². The van der Waals surface area contributed by atoms with Crippen molar-refractivity contribution in [3.63, 3.8) is 0 Å². The minimum Gasteiger partial charge on any atom is -0.507 e. The molecule has 0 aromatic heterocycles. The van der Waals surface area contributed by atoms with E-state index in [-0.39, 0.29) is 22.0 Å². The zero-order valence-corrected chi connectivity index (χ0v) is 11.1. The Morgan fingerprint density at radius 2 is 2.00 bits per heavy atom. The summed E-state index contributed by atoms with van der Waals surface area (Å²) in [6.45, 7) is 0. The number of phenols is 1. The van der Waals surface area contributed by atoms with Crippen molar-refractivity contribution in [1.29, 1.82) is 0 Å². The fraction of sp³-hybridized carbons (Fsp3) is 0. The number of nitrogens with zero attached hydrogens (tertiary/aromatic N) is 1. The summed E-state index contributed by atoms with van der Waals surface area (Å²) in [6, 6.07) is 6.39. The predicted octanol–water partition coefficient (Wildman–Crippen LogP) is 3.35. The first-order valence-electron chi connectivity index (χ1n) is 5.62. The summed E-state index contributed by atoms with van der Waals surface area (Å²) >= 11 is 5.82. The molecule has 2 N–H and O–H groups in total. The molecule has 0 atom stereocenters. The van der Waals surface area contributed by atoms with Gasteiger partial charge in [0, 0.05) is 12.1 Å². The number of carbonyl (C=O) groups is 1. The molecule has 0 unspecified atom stereocenters. The number of anilines is 1.